The average Bonchev–Trinajstić information content (AvgIpc) is 2.53. The molecule has 6 heteroatoms. The van der Waals surface area contributed by atoms with Crippen molar-refractivity contribution in [3.05, 3.63) is 48.5 Å². The maximum Gasteiger partial charge on any atom is 0.411 e. The number of hydrogen-bond donors (Lipinski definition) is 2. The Bertz CT molecular complexity index is 619. The van der Waals surface area contributed by atoms with Crippen molar-refractivity contribution in [3.8, 4) is 11.1 Å². The van der Waals surface area contributed by atoms with Crippen molar-refractivity contribution < 1.29 is 19.8 Å². The van der Waals surface area contributed by atoms with Crippen LogP contribution in [-0.4, -0.2) is 36.5 Å². The molecule has 0 unspecified atom stereocenters. The topological polar surface area (TPSA) is 81.1 Å². The van der Waals surface area contributed by atoms with Gasteiger partial charge in [-0.1, -0.05) is 24.3 Å². The average molecular weight is 300 g/mol. The van der Waals surface area contributed by atoms with Gasteiger partial charge in [0.1, 0.15) is 0 Å². The SMILES string of the molecule is CN(C(=O)O)c1ccc(-c2ccc(N(C)C(=O)O)cc2)cc1. The summed E-state index contributed by atoms with van der Waals surface area (Å²) in [6, 6.07) is 14.2. The second-order valence-corrected chi connectivity index (χ2v) is 4.78. The summed E-state index contributed by atoms with van der Waals surface area (Å²) in [6.45, 7) is 0. The van der Waals surface area contributed by atoms with Crippen LogP contribution in [0.3, 0.4) is 0 Å². The summed E-state index contributed by atoms with van der Waals surface area (Å²) in [5.74, 6) is 0. The van der Waals surface area contributed by atoms with Crippen molar-refractivity contribution in [2.45, 2.75) is 0 Å². The predicted octanol–water partition coefficient (Wildman–Crippen LogP) is 3.58. The molecule has 0 aliphatic carbocycles. The first-order chi connectivity index (χ1) is 10.4. The minimum absolute atomic E-state index is 0.582. The molecule has 0 aliphatic heterocycles. The van der Waals surface area contributed by atoms with Gasteiger partial charge in [-0.2, -0.15) is 0 Å². The van der Waals surface area contributed by atoms with Gasteiger partial charge < -0.3 is 10.2 Å². The zero-order valence-corrected chi connectivity index (χ0v) is 12.2. The van der Waals surface area contributed by atoms with Crippen LogP contribution in [0, 0.1) is 0 Å². The van der Waals surface area contributed by atoms with Gasteiger partial charge in [-0.15, -0.1) is 0 Å². The number of amides is 2. The summed E-state index contributed by atoms with van der Waals surface area (Å²) < 4.78 is 0. The van der Waals surface area contributed by atoms with Crippen molar-refractivity contribution >= 4 is 23.6 Å². The van der Waals surface area contributed by atoms with Crippen molar-refractivity contribution in [2.24, 2.45) is 0 Å². The van der Waals surface area contributed by atoms with E-state index in [1.807, 2.05) is 24.3 Å². The number of hydrogen-bond acceptors (Lipinski definition) is 2. The molecule has 0 radical (unpaired) electrons. The van der Waals surface area contributed by atoms with Gasteiger partial charge in [0.2, 0.25) is 0 Å². The van der Waals surface area contributed by atoms with E-state index in [1.54, 1.807) is 24.3 Å². The molecule has 0 saturated heterocycles. The molecule has 2 rings (SSSR count). The molecule has 0 spiro atoms. The van der Waals surface area contributed by atoms with Crippen LogP contribution in [0.1, 0.15) is 0 Å². The molecule has 114 valence electrons. The molecule has 0 aliphatic rings. The van der Waals surface area contributed by atoms with Gasteiger partial charge in [0, 0.05) is 25.5 Å². The van der Waals surface area contributed by atoms with Gasteiger partial charge in [-0.25, -0.2) is 9.59 Å². The standard InChI is InChI=1S/C16H16N2O4/c1-17(15(19)20)13-7-3-11(4-8-13)12-5-9-14(10-6-12)18(2)16(21)22/h3-10H,1-2H3,(H,19,20)(H,21,22). The zero-order valence-electron chi connectivity index (χ0n) is 12.2. The summed E-state index contributed by atoms with van der Waals surface area (Å²) in [5, 5.41) is 17.8. The van der Waals surface area contributed by atoms with Crippen LogP contribution in [-0.2, 0) is 0 Å². The van der Waals surface area contributed by atoms with Crippen LogP contribution in [0.2, 0.25) is 0 Å². The minimum atomic E-state index is -1.02. The molecule has 2 aromatic carbocycles. The van der Waals surface area contributed by atoms with Crippen molar-refractivity contribution in [3.63, 3.8) is 0 Å². The van der Waals surface area contributed by atoms with Gasteiger partial charge >= 0.3 is 12.2 Å². The monoisotopic (exact) mass is 300 g/mol. The van der Waals surface area contributed by atoms with Gasteiger partial charge in [-0.3, -0.25) is 9.80 Å². The second-order valence-electron chi connectivity index (χ2n) is 4.78. The van der Waals surface area contributed by atoms with Crippen LogP contribution in [0.4, 0.5) is 21.0 Å². The first-order valence-corrected chi connectivity index (χ1v) is 6.54. The molecule has 6 nitrogen and oxygen atoms in total. The quantitative estimate of drug-likeness (QED) is 0.907. The lowest BCUT2D eigenvalue weighted by Crippen LogP contribution is -2.23. The number of carbonyl (C=O) groups is 2. The molecule has 0 atom stereocenters. The van der Waals surface area contributed by atoms with E-state index in [0.717, 1.165) is 20.9 Å². The Morgan fingerprint density at radius 2 is 0.955 bits per heavy atom. The van der Waals surface area contributed by atoms with E-state index in [1.165, 1.54) is 14.1 Å². The maximum atomic E-state index is 10.9. The van der Waals surface area contributed by atoms with Crippen LogP contribution in [0.15, 0.2) is 48.5 Å². The van der Waals surface area contributed by atoms with Crippen molar-refractivity contribution in [1.29, 1.82) is 0 Å². The lowest BCUT2D eigenvalue weighted by atomic mass is 10.0. The predicted molar refractivity (Wildman–Crippen MR) is 84.7 cm³/mol. The number of nitrogens with zero attached hydrogens (tertiary/aromatic N) is 2. The highest BCUT2D eigenvalue weighted by atomic mass is 16.4. The summed E-state index contributed by atoms with van der Waals surface area (Å²) in [6.07, 6.45) is -2.04. The Balaban J connectivity index is 2.22. The van der Waals surface area contributed by atoms with Crippen LogP contribution >= 0.6 is 0 Å². The van der Waals surface area contributed by atoms with E-state index in [4.69, 9.17) is 10.2 Å². The maximum absolute atomic E-state index is 10.9. The van der Waals surface area contributed by atoms with E-state index in [9.17, 15) is 9.59 Å². The van der Waals surface area contributed by atoms with E-state index in [-0.39, 0.29) is 0 Å². The summed E-state index contributed by atoms with van der Waals surface area (Å²) in [7, 11) is 2.96. The van der Waals surface area contributed by atoms with Crippen molar-refractivity contribution in [2.75, 3.05) is 23.9 Å². The molecular weight excluding hydrogens is 284 g/mol. The number of rotatable bonds is 3. The van der Waals surface area contributed by atoms with Gasteiger partial charge in [0.05, 0.1) is 0 Å². The van der Waals surface area contributed by atoms with Crippen LogP contribution in [0.5, 0.6) is 0 Å². The lowest BCUT2D eigenvalue weighted by Gasteiger charge is -2.15. The highest BCUT2D eigenvalue weighted by molar-refractivity contribution is 5.87. The summed E-state index contributed by atoms with van der Waals surface area (Å²) in [5.41, 5.74) is 3.01. The van der Waals surface area contributed by atoms with Crippen LogP contribution in [0.25, 0.3) is 11.1 Å². The fourth-order valence-corrected chi connectivity index (χ4v) is 1.98. The number of benzene rings is 2. The number of carboxylic acid groups (broad SMARTS) is 2. The molecule has 2 amide bonds. The summed E-state index contributed by atoms with van der Waals surface area (Å²) in [4.78, 5) is 24.0. The van der Waals surface area contributed by atoms with E-state index in [2.05, 4.69) is 0 Å². The fourth-order valence-electron chi connectivity index (χ4n) is 1.98. The lowest BCUT2D eigenvalue weighted by molar-refractivity contribution is 0.202. The minimum Gasteiger partial charge on any atom is -0.465 e. The molecule has 0 fully saturated rings. The highest BCUT2D eigenvalue weighted by Gasteiger charge is 2.10. The van der Waals surface area contributed by atoms with E-state index < -0.39 is 12.2 Å². The third kappa shape index (κ3) is 3.17. The Morgan fingerprint density at radius 1 is 0.682 bits per heavy atom. The zero-order chi connectivity index (χ0) is 16.3. The smallest absolute Gasteiger partial charge is 0.411 e. The van der Waals surface area contributed by atoms with Gasteiger partial charge in [0.15, 0.2) is 0 Å². The largest absolute Gasteiger partial charge is 0.465 e. The molecular formula is C16H16N2O4. The van der Waals surface area contributed by atoms with E-state index in [0.29, 0.717) is 11.4 Å². The first-order valence-electron chi connectivity index (χ1n) is 6.54. The van der Waals surface area contributed by atoms with Gasteiger partial charge in [0.25, 0.3) is 0 Å². The highest BCUT2D eigenvalue weighted by Crippen LogP contribution is 2.25. The Morgan fingerprint density at radius 3 is 1.18 bits per heavy atom. The molecule has 0 saturated carbocycles. The molecule has 0 aromatic heterocycles. The van der Waals surface area contributed by atoms with Gasteiger partial charge in [-0.05, 0) is 35.4 Å². The van der Waals surface area contributed by atoms with Crippen molar-refractivity contribution in [1.82, 2.24) is 0 Å². The summed E-state index contributed by atoms with van der Waals surface area (Å²) >= 11 is 0. The Hall–Kier alpha value is -3.02. The molecule has 0 heterocycles. The molecule has 2 aromatic rings. The Kier molecular flexibility index (Phi) is 4.31. The first kappa shape index (κ1) is 15.4. The molecule has 0 bridgehead atoms. The molecule has 22 heavy (non-hydrogen) atoms. The number of anilines is 2. The fraction of sp³-hybridized carbons (Fsp3) is 0.125. The second kappa shape index (κ2) is 6.17. The normalized spacial score (nSPS) is 10.1. The Labute approximate surface area is 127 Å². The molecule has 2 N–H and O–H groups in total. The van der Waals surface area contributed by atoms with E-state index >= 15 is 0 Å². The third-order valence-corrected chi connectivity index (χ3v) is 3.42. The third-order valence-electron chi connectivity index (χ3n) is 3.42. The van der Waals surface area contributed by atoms with Crippen LogP contribution < -0.4 is 9.80 Å².